The van der Waals surface area contributed by atoms with Crippen LogP contribution in [0.1, 0.15) is 12.8 Å². The fourth-order valence-electron chi connectivity index (χ4n) is 2.39. The highest BCUT2D eigenvalue weighted by atomic mass is 32.2. The second-order valence-corrected chi connectivity index (χ2v) is 6.96. The van der Waals surface area contributed by atoms with Crippen molar-refractivity contribution in [3.05, 3.63) is 18.3 Å². The lowest BCUT2D eigenvalue weighted by molar-refractivity contribution is 0.271. The summed E-state index contributed by atoms with van der Waals surface area (Å²) in [5, 5.41) is 0. The number of likely N-dealkylation sites (N-methyl/N-ethyl adjacent to an activating group) is 2. The van der Waals surface area contributed by atoms with Crippen LogP contribution in [0.2, 0.25) is 0 Å². The maximum atomic E-state index is 12.4. The molecule has 0 bridgehead atoms. The molecule has 7 heteroatoms. The van der Waals surface area contributed by atoms with E-state index in [-0.39, 0.29) is 16.8 Å². The van der Waals surface area contributed by atoms with Crippen molar-refractivity contribution in [3.8, 4) is 0 Å². The number of nitrogen functional groups attached to an aromatic ring is 1. The van der Waals surface area contributed by atoms with Crippen molar-refractivity contribution in [2.45, 2.75) is 23.8 Å². The average Bonchev–Trinajstić information content (AvgIpc) is 2.75. The van der Waals surface area contributed by atoms with E-state index in [9.17, 15) is 8.42 Å². The summed E-state index contributed by atoms with van der Waals surface area (Å²) in [4.78, 5) is 6.11. The molecule has 0 aliphatic carbocycles. The van der Waals surface area contributed by atoms with Crippen molar-refractivity contribution in [2.24, 2.45) is 0 Å². The van der Waals surface area contributed by atoms with Gasteiger partial charge in [-0.25, -0.2) is 13.4 Å². The van der Waals surface area contributed by atoms with Gasteiger partial charge in [-0.3, -0.25) is 0 Å². The van der Waals surface area contributed by atoms with E-state index in [1.807, 2.05) is 7.05 Å². The summed E-state index contributed by atoms with van der Waals surface area (Å²) in [6, 6.07) is 3.35. The highest BCUT2D eigenvalue weighted by Crippen LogP contribution is 2.22. The molecule has 1 aromatic rings. The van der Waals surface area contributed by atoms with Gasteiger partial charge in [0.15, 0.2) is 0 Å². The van der Waals surface area contributed by atoms with E-state index in [0.29, 0.717) is 6.54 Å². The summed E-state index contributed by atoms with van der Waals surface area (Å²) in [5.41, 5.74) is 5.65. The van der Waals surface area contributed by atoms with Gasteiger partial charge in [0, 0.05) is 25.8 Å². The zero-order valence-corrected chi connectivity index (χ0v) is 12.1. The largest absolute Gasteiger partial charge is 0.383 e. The minimum absolute atomic E-state index is 0.0501. The molecule has 1 atom stereocenters. The Labute approximate surface area is 114 Å². The van der Waals surface area contributed by atoms with E-state index in [1.54, 1.807) is 13.1 Å². The third-order valence-corrected chi connectivity index (χ3v) is 5.50. The minimum atomic E-state index is -3.56. The third-order valence-electron chi connectivity index (χ3n) is 3.63. The van der Waals surface area contributed by atoms with E-state index in [2.05, 4.69) is 9.88 Å². The van der Waals surface area contributed by atoms with Gasteiger partial charge >= 0.3 is 0 Å². The number of anilines is 1. The predicted octanol–water partition coefficient (Wildman–Crippen LogP) is 0.378. The molecule has 1 aliphatic rings. The van der Waals surface area contributed by atoms with Gasteiger partial charge in [-0.15, -0.1) is 0 Å². The van der Waals surface area contributed by atoms with Crippen LogP contribution in [0.25, 0.3) is 0 Å². The van der Waals surface area contributed by atoms with Crippen LogP contribution in [0.5, 0.6) is 0 Å². The van der Waals surface area contributed by atoms with Gasteiger partial charge in [-0.2, -0.15) is 4.31 Å². The van der Waals surface area contributed by atoms with E-state index in [0.717, 1.165) is 19.4 Å². The highest BCUT2D eigenvalue weighted by Gasteiger charge is 2.29. The number of aromatic nitrogens is 1. The molecule has 2 N–H and O–H groups in total. The summed E-state index contributed by atoms with van der Waals surface area (Å²) in [7, 11) is 0.0542. The molecule has 1 fully saturated rings. The molecule has 19 heavy (non-hydrogen) atoms. The lowest BCUT2D eigenvalue weighted by Gasteiger charge is -2.25. The van der Waals surface area contributed by atoms with Crippen molar-refractivity contribution in [1.82, 2.24) is 14.2 Å². The van der Waals surface area contributed by atoms with Gasteiger partial charge in [0.25, 0.3) is 0 Å². The first-order chi connectivity index (χ1) is 8.93. The van der Waals surface area contributed by atoms with Gasteiger partial charge in [-0.1, -0.05) is 0 Å². The van der Waals surface area contributed by atoms with Crippen LogP contribution >= 0.6 is 0 Å². The number of pyridine rings is 1. The number of likely N-dealkylation sites (tertiary alicyclic amines) is 1. The van der Waals surface area contributed by atoms with Gasteiger partial charge in [0.05, 0.1) is 0 Å². The SMILES string of the molecule is CN1CCCC1CN(C)S(=O)(=O)c1cccnc1N. The number of rotatable bonds is 4. The van der Waals surface area contributed by atoms with Crippen molar-refractivity contribution < 1.29 is 8.42 Å². The molecular weight excluding hydrogens is 264 g/mol. The molecule has 0 aromatic carbocycles. The Morgan fingerprint density at radius 2 is 2.32 bits per heavy atom. The molecule has 0 spiro atoms. The Kier molecular flexibility index (Phi) is 4.07. The first-order valence-electron chi connectivity index (χ1n) is 6.30. The second-order valence-electron chi connectivity index (χ2n) is 4.95. The van der Waals surface area contributed by atoms with Gasteiger partial charge < -0.3 is 10.6 Å². The monoisotopic (exact) mass is 284 g/mol. The zero-order chi connectivity index (χ0) is 14.0. The molecule has 106 valence electrons. The Bertz CT molecular complexity index is 546. The number of nitrogens with zero attached hydrogens (tertiary/aromatic N) is 3. The third kappa shape index (κ3) is 2.88. The molecule has 1 aromatic heterocycles. The molecular formula is C12H20N4O2S. The van der Waals surface area contributed by atoms with Crippen LogP contribution in [0, 0.1) is 0 Å². The van der Waals surface area contributed by atoms with Crippen LogP contribution < -0.4 is 5.73 Å². The van der Waals surface area contributed by atoms with Crippen LogP contribution in [0.4, 0.5) is 5.82 Å². The van der Waals surface area contributed by atoms with Gasteiger partial charge in [-0.05, 0) is 38.6 Å². The van der Waals surface area contributed by atoms with Crippen LogP contribution in [0.15, 0.2) is 23.2 Å². The Morgan fingerprint density at radius 3 is 2.89 bits per heavy atom. The normalized spacial score (nSPS) is 21.1. The Balaban J connectivity index is 2.18. The number of sulfonamides is 1. The van der Waals surface area contributed by atoms with Crippen molar-refractivity contribution in [2.75, 3.05) is 32.9 Å². The zero-order valence-electron chi connectivity index (χ0n) is 11.3. The lowest BCUT2D eigenvalue weighted by atomic mass is 10.2. The topological polar surface area (TPSA) is 79.5 Å². The summed E-state index contributed by atoms with van der Waals surface area (Å²) in [6.45, 7) is 1.50. The van der Waals surface area contributed by atoms with E-state index >= 15 is 0 Å². The molecule has 1 unspecified atom stereocenters. The standard InChI is InChI=1S/C12H20N4O2S/c1-15-8-4-5-10(15)9-16(2)19(17,18)11-6-3-7-14-12(11)13/h3,6-7,10H,4-5,8-9H2,1-2H3,(H2,13,14). The molecule has 0 radical (unpaired) electrons. The fourth-order valence-corrected chi connectivity index (χ4v) is 3.67. The van der Waals surface area contributed by atoms with E-state index in [1.165, 1.54) is 16.6 Å². The predicted molar refractivity (Wildman–Crippen MR) is 74.1 cm³/mol. The molecule has 1 saturated heterocycles. The van der Waals surface area contributed by atoms with Crippen LogP contribution in [-0.4, -0.2) is 55.8 Å². The Hall–Kier alpha value is -1.18. The fraction of sp³-hybridized carbons (Fsp3) is 0.583. The average molecular weight is 284 g/mol. The quantitative estimate of drug-likeness (QED) is 0.864. The van der Waals surface area contributed by atoms with Crippen LogP contribution in [0.3, 0.4) is 0 Å². The first-order valence-corrected chi connectivity index (χ1v) is 7.74. The summed E-state index contributed by atoms with van der Waals surface area (Å²) in [6.07, 6.45) is 3.63. The number of hydrogen-bond donors (Lipinski definition) is 1. The number of hydrogen-bond acceptors (Lipinski definition) is 5. The molecule has 2 rings (SSSR count). The summed E-state index contributed by atoms with van der Waals surface area (Å²) >= 11 is 0. The number of nitrogens with two attached hydrogens (primary N) is 1. The highest BCUT2D eigenvalue weighted by molar-refractivity contribution is 7.89. The van der Waals surface area contributed by atoms with Gasteiger partial charge in [0.1, 0.15) is 10.7 Å². The van der Waals surface area contributed by atoms with Crippen molar-refractivity contribution in [1.29, 1.82) is 0 Å². The molecule has 0 amide bonds. The lowest BCUT2D eigenvalue weighted by Crippen LogP contribution is -2.39. The second kappa shape index (κ2) is 5.44. The summed E-state index contributed by atoms with van der Waals surface area (Å²) in [5.74, 6) is 0.0501. The van der Waals surface area contributed by atoms with Gasteiger partial charge in [0.2, 0.25) is 10.0 Å². The molecule has 0 saturated carbocycles. The minimum Gasteiger partial charge on any atom is -0.383 e. The smallest absolute Gasteiger partial charge is 0.246 e. The Morgan fingerprint density at radius 1 is 1.58 bits per heavy atom. The van der Waals surface area contributed by atoms with Crippen molar-refractivity contribution >= 4 is 15.8 Å². The molecule has 2 heterocycles. The van der Waals surface area contributed by atoms with Crippen LogP contribution in [-0.2, 0) is 10.0 Å². The maximum absolute atomic E-state index is 12.4. The summed E-state index contributed by atoms with van der Waals surface area (Å²) < 4.78 is 26.2. The molecule has 1 aliphatic heterocycles. The molecule has 6 nitrogen and oxygen atoms in total. The van der Waals surface area contributed by atoms with E-state index < -0.39 is 10.0 Å². The van der Waals surface area contributed by atoms with E-state index in [4.69, 9.17) is 5.73 Å². The maximum Gasteiger partial charge on any atom is 0.246 e. The van der Waals surface area contributed by atoms with Crippen molar-refractivity contribution in [3.63, 3.8) is 0 Å². The first kappa shape index (κ1) is 14.2.